The molecule has 0 bridgehead atoms. The average molecular weight is 355 g/mol. The van der Waals surface area contributed by atoms with Gasteiger partial charge in [-0.1, -0.05) is 11.6 Å². The molecule has 0 saturated carbocycles. The Bertz CT molecular complexity index is 735. The number of carbonyl (C=O) groups excluding carboxylic acids is 1. The van der Waals surface area contributed by atoms with Crippen molar-refractivity contribution in [1.29, 1.82) is 0 Å². The van der Waals surface area contributed by atoms with E-state index in [1.165, 1.54) is 18.2 Å². The molecule has 2 rings (SSSR count). The van der Waals surface area contributed by atoms with Crippen LogP contribution in [0.4, 0.5) is 11.4 Å². The third-order valence-electron chi connectivity index (χ3n) is 2.94. The van der Waals surface area contributed by atoms with Crippen LogP contribution in [0, 0.1) is 17.0 Å². The maximum absolute atomic E-state index is 12.1. The van der Waals surface area contributed by atoms with Gasteiger partial charge in [-0.3, -0.25) is 19.8 Å². The van der Waals surface area contributed by atoms with Gasteiger partial charge in [0.2, 0.25) is 5.91 Å². The topological polar surface area (TPSA) is 88.4 Å². The van der Waals surface area contributed by atoms with Crippen LogP contribution in [0.1, 0.15) is 10.7 Å². The molecule has 1 N–H and O–H groups in total. The van der Waals surface area contributed by atoms with Gasteiger partial charge in [0.25, 0.3) is 5.69 Å². The van der Waals surface area contributed by atoms with Crippen molar-refractivity contribution in [3.63, 3.8) is 0 Å². The highest BCUT2D eigenvalue weighted by Gasteiger charge is 2.17. The summed E-state index contributed by atoms with van der Waals surface area (Å²) in [5.41, 5.74) is 0.784. The van der Waals surface area contributed by atoms with Gasteiger partial charge in [-0.2, -0.15) is 0 Å². The van der Waals surface area contributed by atoms with E-state index in [1.54, 1.807) is 23.3 Å². The minimum Gasteiger partial charge on any atom is -0.319 e. The fourth-order valence-electron chi connectivity index (χ4n) is 2.01. The number of hydrogen-bond donors (Lipinski definition) is 1. The summed E-state index contributed by atoms with van der Waals surface area (Å²) in [5.74, 6) is -0.343. The molecular weight excluding hydrogens is 340 g/mol. The largest absolute Gasteiger partial charge is 0.319 e. The van der Waals surface area contributed by atoms with Crippen molar-refractivity contribution < 1.29 is 9.72 Å². The predicted octanol–water partition coefficient (Wildman–Crippen LogP) is 3.08. The average Bonchev–Trinajstić information content (AvgIpc) is 2.85. The van der Waals surface area contributed by atoms with E-state index in [9.17, 15) is 14.9 Å². The maximum atomic E-state index is 12.1. The van der Waals surface area contributed by atoms with Gasteiger partial charge >= 0.3 is 0 Å². The number of amides is 1. The second kappa shape index (κ2) is 7.49. The lowest BCUT2D eigenvalue weighted by atomic mass is 10.2. The van der Waals surface area contributed by atoms with E-state index in [0.717, 1.165) is 10.7 Å². The molecule has 0 aliphatic carbocycles. The summed E-state index contributed by atoms with van der Waals surface area (Å²) in [4.78, 5) is 28.6. The van der Waals surface area contributed by atoms with Gasteiger partial charge in [0.15, 0.2) is 0 Å². The second-order valence-electron chi connectivity index (χ2n) is 5.00. The fourth-order valence-corrected chi connectivity index (χ4v) is 2.78. The van der Waals surface area contributed by atoms with Gasteiger partial charge in [-0.25, -0.2) is 4.98 Å². The molecule has 0 unspecified atom stereocenters. The van der Waals surface area contributed by atoms with Gasteiger partial charge in [0.05, 0.1) is 22.2 Å². The smallest absolute Gasteiger partial charge is 0.294 e. The zero-order valence-electron chi connectivity index (χ0n) is 12.6. The number of aromatic nitrogens is 1. The number of nitrogens with zero attached hydrogens (tertiary/aromatic N) is 3. The summed E-state index contributed by atoms with van der Waals surface area (Å²) in [7, 11) is 1.78. The Morgan fingerprint density at radius 3 is 2.87 bits per heavy atom. The van der Waals surface area contributed by atoms with E-state index >= 15 is 0 Å². The minimum atomic E-state index is -0.580. The molecule has 1 aromatic heterocycles. The number of hydrogen-bond acceptors (Lipinski definition) is 6. The maximum Gasteiger partial charge on any atom is 0.294 e. The molecule has 7 nitrogen and oxygen atoms in total. The first kappa shape index (κ1) is 17.3. The zero-order valence-corrected chi connectivity index (χ0v) is 14.1. The Morgan fingerprint density at radius 2 is 2.26 bits per heavy atom. The van der Waals surface area contributed by atoms with Crippen molar-refractivity contribution in [1.82, 2.24) is 9.88 Å². The first-order chi connectivity index (χ1) is 10.8. The summed E-state index contributed by atoms with van der Waals surface area (Å²) in [6, 6.07) is 4.12. The Hall–Kier alpha value is -2.03. The highest BCUT2D eigenvalue weighted by molar-refractivity contribution is 7.09. The molecule has 1 amide bonds. The summed E-state index contributed by atoms with van der Waals surface area (Å²) >= 11 is 7.29. The molecule has 122 valence electrons. The number of nitro groups is 1. The SMILES string of the molecule is Cc1nc(CN(C)CC(=O)Nc2ccc(Cl)cc2[N+](=O)[O-])cs1. The number of rotatable bonds is 6. The van der Waals surface area contributed by atoms with Crippen LogP contribution in [0.25, 0.3) is 0 Å². The second-order valence-corrected chi connectivity index (χ2v) is 6.50. The summed E-state index contributed by atoms with van der Waals surface area (Å²) < 4.78 is 0. The lowest BCUT2D eigenvalue weighted by Crippen LogP contribution is -2.30. The van der Waals surface area contributed by atoms with E-state index in [1.807, 2.05) is 12.3 Å². The minimum absolute atomic E-state index is 0.0936. The molecular formula is C14H15ClN4O3S. The Kier molecular flexibility index (Phi) is 5.64. The Labute approximate surface area is 142 Å². The van der Waals surface area contributed by atoms with E-state index < -0.39 is 4.92 Å². The van der Waals surface area contributed by atoms with Crippen molar-refractivity contribution in [3.8, 4) is 0 Å². The van der Waals surface area contributed by atoms with Crippen LogP contribution in [-0.2, 0) is 11.3 Å². The molecule has 0 aliphatic rings. The number of nitrogens with one attached hydrogen (secondary N) is 1. The molecule has 9 heteroatoms. The molecule has 0 fully saturated rings. The van der Waals surface area contributed by atoms with Gasteiger partial charge in [0.1, 0.15) is 5.69 Å². The third-order valence-corrected chi connectivity index (χ3v) is 4.00. The van der Waals surface area contributed by atoms with Gasteiger partial charge < -0.3 is 5.32 Å². The molecule has 1 aromatic carbocycles. The van der Waals surface area contributed by atoms with Crippen LogP contribution in [0.3, 0.4) is 0 Å². The number of halogens is 1. The molecule has 2 aromatic rings. The molecule has 0 aliphatic heterocycles. The van der Waals surface area contributed by atoms with Crippen LogP contribution in [0.15, 0.2) is 23.6 Å². The van der Waals surface area contributed by atoms with Crippen LogP contribution >= 0.6 is 22.9 Å². The third kappa shape index (κ3) is 4.98. The van der Waals surface area contributed by atoms with Crippen molar-refractivity contribution in [3.05, 3.63) is 49.4 Å². The monoisotopic (exact) mass is 354 g/mol. The molecule has 23 heavy (non-hydrogen) atoms. The van der Waals surface area contributed by atoms with Crippen LogP contribution in [-0.4, -0.2) is 34.3 Å². The van der Waals surface area contributed by atoms with E-state index in [2.05, 4.69) is 10.3 Å². The summed E-state index contributed by atoms with van der Waals surface area (Å²) in [5, 5.41) is 16.7. The van der Waals surface area contributed by atoms with Crippen molar-refractivity contribution in [2.45, 2.75) is 13.5 Å². The normalized spacial score (nSPS) is 10.8. The fraction of sp³-hybridized carbons (Fsp3) is 0.286. The number of likely N-dealkylation sites (N-methyl/N-ethyl adjacent to an activating group) is 1. The first-order valence-electron chi connectivity index (χ1n) is 6.68. The van der Waals surface area contributed by atoms with Crippen molar-refractivity contribution in [2.75, 3.05) is 18.9 Å². The Morgan fingerprint density at radius 1 is 1.52 bits per heavy atom. The molecule has 1 heterocycles. The number of thiazole rings is 1. The highest BCUT2D eigenvalue weighted by Crippen LogP contribution is 2.27. The van der Waals surface area contributed by atoms with Gasteiger partial charge in [0, 0.05) is 23.0 Å². The van der Waals surface area contributed by atoms with Gasteiger partial charge in [-0.05, 0) is 26.1 Å². The number of nitro benzene ring substituents is 1. The van der Waals surface area contributed by atoms with E-state index in [4.69, 9.17) is 11.6 Å². The summed E-state index contributed by atoms with van der Waals surface area (Å²) in [6.45, 7) is 2.54. The number of benzene rings is 1. The molecule has 0 atom stereocenters. The molecule has 0 saturated heterocycles. The zero-order chi connectivity index (χ0) is 17.0. The number of carbonyl (C=O) groups is 1. The van der Waals surface area contributed by atoms with Crippen molar-refractivity contribution >= 4 is 40.2 Å². The quantitative estimate of drug-likeness (QED) is 0.636. The van der Waals surface area contributed by atoms with Crippen LogP contribution in [0.2, 0.25) is 5.02 Å². The number of aryl methyl sites for hydroxylation is 1. The number of anilines is 1. The van der Waals surface area contributed by atoms with Crippen molar-refractivity contribution in [2.24, 2.45) is 0 Å². The highest BCUT2D eigenvalue weighted by atomic mass is 35.5. The lowest BCUT2D eigenvalue weighted by Gasteiger charge is -2.15. The van der Waals surface area contributed by atoms with E-state index in [0.29, 0.717) is 6.54 Å². The Balaban J connectivity index is 1.98. The molecule has 0 spiro atoms. The van der Waals surface area contributed by atoms with Crippen LogP contribution < -0.4 is 5.32 Å². The predicted molar refractivity (Wildman–Crippen MR) is 89.9 cm³/mol. The lowest BCUT2D eigenvalue weighted by molar-refractivity contribution is -0.383. The van der Waals surface area contributed by atoms with Crippen LogP contribution in [0.5, 0.6) is 0 Å². The standard InChI is InChI=1S/C14H15ClN4O3S/c1-9-16-11(8-23-9)6-18(2)7-14(20)17-12-4-3-10(15)5-13(12)19(21)22/h3-5,8H,6-7H2,1-2H3,(H,17,20). The van der Waals surface area contributed by atoms with E-state index in [-0.39, 0.29) is 28.8 Å². The summed E-state index contributed by atoms with van der Waals surface area (Å²) in [6.07, 6.45) is 0. The van der Waals surface area contributed by atoms with Gasteiger partial charge in [-0.15, -0.1) is 11.3 Å². The molecule has 0 radical (unpaired) electrons. The first-order valence-corrected chi connectivity index (χ1v) is 7.94.